The van der Waals surface area contributed by atoms with Gasteiger partial charge in [-0.1, -0.05) is 30.3 Å². The Bertz CT molecular complexity index is 555. The van der Waals surface area contributed by atoms with E-state index in [0.29, 0.717) is 23.9 Å². The number of carboxylic acid groups (broad SMARTS) is 1. The van der Waals surface area contributed by atoms with Crippen LogP contribution in [0.4, 0.5) is 0 Å². The van der Waals surface area contributed by atoms with E-state index in [1.165, 1.54) is 0 Å². The van der Waals surface area contributed by atoms with Crippen LogP contribution in [0, 0.1) is 6.92 Å². The fourth-order valence-corrected chi connectivity index (χ4v) is 1.67. The second-order valence-corrected chi connectivity index (χ2v) is 3.95. The average Bonchev–Trinajstić information content (AvgIpc) is 2.28. The molecule has 2 rings (SSSR count). The summed E-state index contributed by atoms with van der Waals surface area (Å²) >= 11 is 0. The van der Waals surface area contributed by atoms with Gasteiger partial charge in [-0.05, 0) is 12.5 Å². The largest absolute Gasteiger partial charge is 0.481 e. The molecule has 2 aromatic rings. The molecule has 0 atom stereocenters. The normalized spacial score (nSPS) is 10.3. The van der Waals surface area contributed by atoms with Crippen molar-refractivity contribution in [2.45, 2.75) is 19.8 Å². The van der Waals surface area contributed by atoms with Crippen LogP contribution in [0.5, 0.6) is 0 Å². The molecular weight excluding hydrogens is 230 g/mol. The van der Waals surface area contributed by atoms with Crippen molar-refractivity contribution < 1.29 is 9.90 Å². The van der Waals surface area contributed by atoms with Crippen LogP contribution in [0.25, 0.3) is 0 Å². The number of aryl methyl sites for hydroxylation is 1. The Hall–Kier alpha value is -2.30. The lowest BCUT2D eigenvalue weighted by Gasteiger charge is -2.03. The smallest absolute Gasteiger partial charge is 0.311 e. The van der Waals surface area contributed by atoms with E-state index in [9.17, 15) is 4.79 Å². The number of aromatic nitrogens is 3. The van der Waals surface area contributed by atoms with Crippen molar-refractivity contribution in [3.63, 3.8) is 0 Å². The first-order chi connectivity index (χ1) is 8.63. The second kappa shape index (κ2) is 5.35. The molecule has 1 aromatic carbocycles. The van der Waals surface area contributed by atoms with Crippen molar-refractivity contribution in [2.24, 2.45) is 0 Å². The zero-order valence-electron chi connectivity index (χ0n) is 10.00. The van der Waals surface area contributed by atoms with Crippen LogP contribution in [0.1, 0.15) is 23.0 Å². The standard InChI is InChI=1S/C13H13N3O2/c1-9-14-11(7-10-5-3-2-4-6-10)16-12(15-9)8-13(17)18/h2-6H,7-8H2,1H3,(H,17,18). The Morgan fingerprint density at radius 2 is 1.78 bits per heavy atom. The number of benzene rings is 1. The van der Waals surface area contributed by atoms with Crippen molar-refractivity contribution in [1.29, 1.82) is 0 Å². The van der Waals surface area contributed by atoms with Crippen LogP contribution in [-0.2, 0) is 17.6 Å². The van der Waals surface area contributed by atoms with E-state index in [2.05, 4.69) is 15.0 Å². The van der Waals surface area contributed by atoms with Gasteiger partial charge < -0.3 is 5.11 Å². The molecule has 1 heterocycles. The highest BCUT2D eigenvalue weighted by molar-refractivity contribution is 5.68. The van der Waals surface area contributed by atoms with Crippen molar-refractivity contribution >= 4 is 5.97 Å². The first-order valence-corrected chi connectivity index (χ1v) is 5.59. The first kappa shape index (κ1) is 12.2. The van der Waals surface area contributed by atoms with E-state index < -0.39 is 5.97 Å². The Morgan fingerprint density at radius 1 is 1.11 bits per heavy atom. The third kappa shape index (κ3) is 3.35. The second-order valence-electron chi connectivity index (χ2n) is 3.95. The molecular formula is C13H13N3O2. The molecule has 0 saturated carbocycles. The third-order valence-corrected chi connectivity index (χ3v) is 2.35. The summed E-state index contributed by atoms with van der Waals surface area (Å²) in [5.74, 6) is 0.518. The predicted octanol–water partition coefficient (Wildman–Crippen LogP) is 1.40. The highest BCUT2D eigenvalue weighted by atomic mass is 16.4. The maximum absolute atomic E-state index is 10.6. The molecule has 0 amide bonds. The van der Waals surface area contributed by atoms with Crippen LogP contribution in [0.15, 0.2) is 30.3 Å². The Balaban J connectivity index is 2.23. The van der Waals surface area contributed by atoms with Gasteiger partial charge >= 0.3 is 5.97 Å². The summed E-state index contributed by atoms with van der Waals surface area (Å²) in [7, 11) is 0. The van der Waals surface area contributed by atoms with Gasteiger partial charge in [0.25, 0.3) is 0 Å². The fourth-order valence-electron chi connectivity index (χ4n) is 1.67. The Kier molecular flexibility index (Phi) is 3.62. The average molecular weight is 243 g/mol. The molecule has 92 valence electrons. The monoisotopic (exact) mass is 243 g/mol. The molecule has 0 fully saturated rings. The van der Waals surface area contributed by atoms with E-state index in [1.54, 1.807) is 6.92 Å². The maximum atomic E-state index is 10.6. The van der Waals surface area contributed by atoms with Crippen LogP contribution >= 0.6 is 0 Å². The number of aliphatic carboxylic acids is 1. The molecule has 0 aliphatic heterocycles. The summed E-state index contributed by atoms with van der Waals surface area (Å²) in [6.07, 6.45) is 0.405. The first-order valence-electron chi connectivity index (χ1n) is 5.59. The van der Waals surface area contributed by atoms with E-state index in [1.807, 2.05) is 30.3 Å². The summed E-state index contributed by atoms with van der Waals surface area (Å²) in [5.41, 5.74) is 1.09. The van der Waals surface area contributed by atoms with Crippen molar-refractivity contribution in [3.8, 4) is 0 Å². The van der Waals surface area contributed by atoms with Gasteiger partial charge in [0.15, 0.2) is 0 Å². The number of carboxylic acids is 1. The SMILES string of the molecule is Cc1nc(CC(=O)O)nc(Cc2ccccc2)n1. The minimum atomic E-state index is -0.939. The molecule has 0 spiro atoms. The molecule has 0 radical (unpaired) electrons. The van der Waals surface area contributed by atoms with Gasteiger partial charge in [0, 0.05) is 6.42 Å². The lowest BCUT2D eigenvalue weighted by molar-refractivity contribution is -0.136. The molecule has 0 bridgehead atoms. The quantitative estimate of drug-likeness (QED) is 0.878. The molecule has 0 unspecified atom stereocenters. The number of nitrogens with zero attached hydrogens (tertiary/aromatic N) is 3. The van der Waals surface area contributed by atoms with Gasteiger partial charge in [0.2, 0.25) is 0 Å². The minimum absolute atomic E-state index is 0.175. The highest BCUT2D eigenvalue weighted by Gasteiger charge is 2.08. The number of carbonyl (C=O) groups is 1. The van der Waals surface area contributed by atoms with Crippen LogP contribution in [-0.4, -0.2) is 26.0 Å². The van der Waals surface area contributed by atoms with Crippen molar-refractivity contribution in [1.82, 2.24) is 15.0 Å². The van der Waals surface area contributed by atoms with Crippen LogP contribution in [0.2, 0.25) is 0 Å². The molecule has 1 aromatic heterocycles. The van der Waals surface area contributed by atoms with E-state index in [0.717, 1.165) is 5.56 Å². The van der Waals surface area contributed by atoms with E-state index in [4.69, 9.17) is 5.11 Å². The van der Waals surface area contributed by atoms with Gasteiger partial charge in [0.05, 0.1) is 0 Å². The predicted molar refractivity (Wildman–Crippen MR) is 65.2 cm³/mol. The molecule has 0 saturated heterocycles. The van der Waals surface area contributed by atoms with Crippen LogP contribution in [0.3, 0.4) is 0 Å². The van der Waals surface area contributed by atoms with Gasteiger partial charge in [-0.25, -0.2) is 15.0 Å². The number of hydrogen-bond donors (Lipinski definition) is 1. The van der Waals surface area contributed by atoms with E-state index >= 15 is 0 Å². The van der Waals surface area contributed by atoms with Gasteiger partial charge in [-0.3, -0.25) is 4.79 Å². The summed E-state index contributed by atoms with van der Waals surface area (Å²) in [4.78, 5) is 23.0. The zero-order valence-corrected chi connectivity index (χ0v) is 10.00. The third-order valence-electron chi connectivity index (χ3n) is 2.35. The molecule has 5 nitrogen and oxygen atoms in total. The topological polar surface area (TPSA) is 76.0 Å². The summed E-state index contributed by atoms with van der Waals surface area (Å²) < 4.78 is 0. The molecule has 1 N–H and O–H groups in total. The van der Waals surface area contributed by atoms with E-state index in [-0.39, 0.29) is 6.42 Å². The van der Waals surface area contributed by atoms with Crippen LogP contribution < -0.4 is 0 Å². The summed E-state index contributed by atoms with van der Waals surface area (Å²) in [6.45, 7) is 1.74. The Morgan fingerprint density at radius 3 is 2.44 bits per heavy atom. The number of hydrogen-bond acceptors (Lipinski definition) is 4. The molecule has 0 aliphatic carbocycles. The van der Waals surface area contributed by atoms with Crippen molar-refractivity contribution in [2.75, 3.05) is 0 Å². The Labute approximate surface area is 105 Å². The van der Waals surface area contributed by atoms with Gasteiger partial charge in [0.1, 0.15) is 23.9 Å². The summed E-state index contributed by atoms with van der Waals surface area (Å²) in [5, 5.41) is 8.74. The van der Waals surface area contributed by atoms with Gasteiger partial charge in [-0.15, -0.1) is 0 Å². The van der Waals surface area contributed by atoms with Gasteiger partial charge in [-0.2, -0.15) is 0 Å². The fraction of sp³-hybridized carbons (Fsp3) is 0.231. The molecule has 18 heavy (non-hydrogen) atoms. The summed E-state index contributed by atoms with van der Waals surface area (Å²) in [6, 6.07) is 9.80. The minimum Gasteiger partial charge on any atom is -0.481 e. The zero-order chi connectivity index (χ0) is 13.0. The maximum Gasteiger partial charge on any atom is 0.311 e. The highest BCUT2D eigenvalue weighted by Crippen LogP contribution is 2.06. The number of rotatable bonds is 4. The lowest BCUT2D eigenvalue weighted by Crippen LogP contribution is -2.10. The lowest BCUT2D eigenvalue weighted by atomic mass is 10.1. The molecule has 5 heteroatoms. The van der Waals surface area contributed by atoms with Crippen molar-refractivity contribution in [3.05, 3.63) is 53.4 Å². The molecule has 0 aliphatic rings.